The van der Waals surface area contributed by atoms with E-state index < -0.39 is 0 Å². The van der Waals surface area contributed by atoms with Gasteiger partial charge >= 0.3 is 0 Å². The van der Waals surface area contributed by atoms with Crippen LogP contribution in [0.25, 0.3) is 0 Å². The molecule has 5 nitrogen and oxygen atoms in total. The number of aromatic amines is 1. The molecule has 1 aliphatic rings. The first-order chi connectivity index (χ1) is 9.46. The molecule has 1 N–H and O–H groups in total. The summed E-state index contributed by atoms with van der Waals surface area (Å²) in [6.45, 7) is 4.05. The Bertz CT molecular complexity index is 725. The molecular weight excluding hydrogens is 324 g/mol. The summed E-state index contributed by atoms with van der Waals surface area (Å²) in [5, 5.41) is 0. The number of hydrogen-bond acceptors (Lipinski definition) is 4. The minimum atomic E-state index is -0.288. The molecule has 1 aromatic carbocycles. The first-order valence-electron chi connectivity index (χ1n) is 6.18. The lowest BCUT2D eigenvalue weighted by Crippen LogP contribution is -2.24. The van der Waals surface area contributed by atoms with E-state index in [4.69, 9.17) is 9.47 Å². The molecule has 0 saturated heterocycles. The molecule has 2 aromatic rings. The monoisotopic (exact) mass is 336 g/mol. The smallest absolute Gasteiger partial charge is 0.268 e. The molecule has 0 fully saturated rings. The summed E-state index contributed by atoms with van der Waals surface area (Å²) in [4.78, 5) is 18.0. The zero-order chi connectivity index (χ0) is 14.3. The van der Waals surface area contributed by atoms with Crippen LogP contribution in [-0.4, -0.2) is 15.6 Å². The van der Waals surface area contributed by atoms with Gasteiger partial charge in [0.1, 0.15) is 10.1 Å². The van der Waals surface area contributed by atoms with Gasteiger partial charge in [-0.05, 0) is 35.8 Å². The SMILES string of the molecule is CC1(C)Cc2cccc(Oc3nc[nH]c(=O)c3Br)c2O1. The van der Waals surface area contributed by atoms with E-state index in [1.807, 2.05) is 26.0 Å². The normalized spacial score (nSPS) is 15.6. The fourth-order valence-electron chi connectivity index (χ4n) is 2.21. The molecule has 1 aliphatic heterocycles. The average molecular weight is 337 g/mol. The number of halogens is 1. The average Bonchev–Trinajstić information content (AvgIpc) is 2.70. The Kier molecular flexibility index (Phi) is 3.05. The number of benzene rings is 1. The molecule has 3 rings (SSSR count). The number of aromatic nitrogens is 2. The lowest BCUT2D eigenvalue weighted by Gasteiger charge is -2.18. The fourth-order valence-corrected chi connectivity index (χ4v) is 2.51. The van der Waals surface area contributed by atoms with Gasteiger partial charge in [0.2, 0.25) is 5.88 Å². The van der Waals surface area contributed by atoms with E-state index in [9.17, 15) is 4.79 Å². The lowest BCUT2D eigenvalue weighted by molar-refractivity contribution is 0.135. The van der Waals surface area contributed by atoms with E-state index in [0.717, 1.165) is 12.0 Å². The highest BCUT2D eigenvalue weighted by molar-refractivity contribution is 9.10. The van der Waals surface area contributed by atoms with E-state index in [1.165, 1.54) is 6.33 Å². The summed E-state index contributed by atoms with van der Waals surface area (Å²) >= 11 is 3.17. The molecule has 0 bridgehead atoms. The summed E-state index contributed by atoms with van der Waals surface area (Å²) in [5.41, 5.74) is 0.554. The van der Waals surface area contributed by atoms with Crippen LogP contribution in [0.15, 0.2) is 33.8 Å². The third kappa shape index (κ3) is 2.31. The maximum Gasteiger partial charge on any atom is 0.268 e. The molecule has 104 valence electrons. The predicted octanol–water partition coefficient (Wildman–Crippen LogP) is 3.04. The number of para-hydroxylation sites is 1. The van der Waals surface area contributed by atoms with Crippen molar-refractivity contribution in [3.63, 3.8) is 0 Å². The Hall–Kier alpha value is -1.82. The van der Waals surface area contributed by atoms with Gasteiger partial charge in [0, 0.05) is 12.0 Å². The van der Waals surface area contributed by atoms with Crippen molar-refractivity contribution >= 4 is 15.9 Å². The number of hydrogen-bond donors (Lipinski definition) is 1. The largest absolute Gasteiger partial charge is 0.483 e. The Morgan fingerprint density at radius 1 is 1.45 bits per heavy atom. The van der Waals surface area contributed by atoms with Gasteiger partial charge < -0.3 is 14.5 Å². The van der Waals surface area contributed by atoms with Crippen molar-refractivity contribution in [2.75, 3.05) is 0 Å². The first kappa shape index (κ1) is 13.2. The fraction of sp³-hybridized carbons (Fsp3) is 0.286. The van der Waals surface area contributed by atoms with Gasteiger partial charge in [0.05, 0.1) is 6.33 Å². The van der Waals surface area contributed by atoms with Crippen LogP contribution in [0.4, 0.5) is 0 Å². The number of ether oxygens (including phenoxy) is 2. The van der Waals surface area contributed by atoms with E-state index in [1.54, 1.807) is 6.07 Å². The Morgan fingerprint density at radius 2 is 2.25 bits per heavy atom. The van der Waals surface area contributed by atoms with Crippen molar-refractivity contribution in [1.29, 1.82) is 0 Å². The second kappa shape index (κ2) is 4.63. The second-order valence-corrected chi connectivity index (χ2v) is 6.03. The molecule has 0 unspecified atom stereocenters. The zero-order valence-corrected chi connectivity index (χ0v) is 12.7. The van der Waals surface area contributed by atoms with Gasteiger partial charge in [-0.25, -0.2) is 4.98 Å². The van der Waals surface area contributed by atoms with Crippen molar-refractivity contribution in [1.82, 2.24) is 9.97 Å². The van der Waals surface area contributed by atoms with Crippen LogP contribution in [0.1, 0.15) is 19.4 Å². The molecule has 2 heterocycles. The summed E-state index contributed by atoms with van der Waals surface area (Å²) in [6.07, 6.45) is 2.12. The van der Waals surface area contributed by atoms with Crippen LogP contribution in [0.5, 0.6) is 17.4 Å². The van der Waals surface area contributed by atoms with E-state index in [0.29, 0.717) is 11.5 Å². The van der Waals surface area contributed by atoms with Gasteiger partial charge in [-0.2, -0.15) is 0 Å². The van der Waals surface area contributed by atoms with Crippen LogP contribution in [0.2, 0.25) is 0 Å². The van der Waals surface area contributed by atoms with Crippen LogP contribution in [0, 0.1) is 0 Å². The Morgan fingerprint density at radius 3 is 3.05 bits per heavy atom. The van der Waals surface area contributed by atoms with Crippen molar-refractivity contribution < 1.29 is 9.47 Å². The van der Waals surface area contributed by atoms with Crippen molar-refractivity contribution in [3.05, 3.63) is 44.9 Å². The quantitative estimate of drug-likeness (QED) is 0.915. The molecule has 0 saturated carbocycles. The summed E-state index contributed by atoms with van der Waals surface area (Å²) < 4.78 is 11.9. The van der Waals surface area contributed by atoms with Crippen molar-refractivity contribution in [2.24, 2.45) is 0 Å². The van der Waals surface area contributed by atoms with Crippen LogP contribution < -0.4 is 15.0 Å². The number of rotatable bonds is 2. The van der Waals surface area contributed by atoms with Crippen LogP contribution >= 0.6 is 15.9 Å². The number of nitrogens with one attached hydrogen (secondary N) is 1. The maximum atomic E-state index is 11.5. The van der Waals surface area contributed by atoms with Crippen LogP contribution in [-0.2, 0) is 6.42 Å². The number of nitrogens with zero attached hydrogens (tertiary/aromatic N) is 1. The molecule has 20 heavy (non-hydrogen) atoms. The summed E-state index contributed by atoms with van der Waals surface area (Å²) in [6, 6.07) is 5.72. The minimum Gasteiger partial charge on any atom is -0.483 e. The maximum absolute atomic E-state index is 11.5. The lowest BCUT2D eigenvalue weighted by atomic mass is 10.0. The predicted molar refractivity (Wildman–Crippen MR) is 77.5 cm³/mol. The molecule has 0 spiro atoms. The molecule has 0 amide bonds. The third-order valence-electron chi connectivity index (χ3n) is 3.03. The van der Waals surface area contributed by atoms with Gasteiger partial charge in [0.25, 0.3) is 5.56 Å². The van der Waals surface area contributed by atoms with E-state index in [-0.39, 0.29) is 21.5 Å². The van der Waals surface area contributed by atoms with Gasteiger partial charge in [-0.15, -0.1) is 0 Å². The minimum absolute atomic E-state index is 0.218. The van der Waals surface area contributed by atoms with Gasteiger partial charge in [-0.1, -0.05) is 12.1 Å². The molecule has 0 atom stereocenters. The van der Waals surface area contributed by atoms with E-state index in [2.05, 4.69) is 25.9 Å². The third-order valence-corrected chi connectivity index (χ3v) is 3.73. The highest BCUT2D eigenvalue weighted by Gasteiger charge is 2.32. The Balaban J connectivity index is 2.00. The molecule has 1 aromatic heterocycles. The number of H-pyrrole nitrogens is 1. The first-order valence-corrected chi connectivity index (χ1v) is 6.97. The molecular formula is C14H13BrN2O3. The molecule has 0 radical (unpaired) electrons. The van der Waals surface area contributed by atoms with Gasteiger partial charge in [-0.3, -0.25) is 4.79 Å². The van der Waals surface area contributed by atoms with E-state index >= 15 is 0 Å². The highest BCUT2D eigenvalue weighted by Crippen LogP contribution is 2.43. The van der Waals surface area contributed by atoms with Crippen molar-refractivity contribution in [2.45, 2.75) is 25.9 Å². The topological polar surface area (TPSA) is 64.2 Å². The standard InChI is InChI=1S/C14H13BrN2O3/c1-14(2)6-8-4-3-5-9(11(8)20-14)19-13-10(15)12(18)16-7-17-13/h3-5,7H,6H2,1-2H3,(H,16,17,18). The molecule has 0 aliphatic carbocycles. The highest BCUT2D eigenvalue weighted by atomic mass is 79.9. The number of fused-ring (bicyclic) bond motifs is 1. The van der Waals surface area contributed by atoms with Gasteiger partial charge in [0.15, 0.2) is 11.5 Å². The summed E-state index contributed by atoms with van der Waals surface area (Å²) in [7, 11) is 0. The molecule has 6 heteroatoms. The summed E-state index contributed by atoms with van der Waals surface area (Å²) in [5.74, 6) is 1.49. The zero-order valence-electron chi connectivity index (χ0n) is 11.1. The van der Waals surface area contributed by atoms with Crippen molar-refractivity contribution in [3.8, 4) is 17.4 Å². The van der Waals surface area contributed by atoms with Crippen LogP contribution in [0.3, 0.4) is 0 Å². The second-order valence-electron chi connectivity index (χ2n) is 5.24. The Labute approximate surface area is 124 Å².